The molecule has 0 saturated heterocycles. The van der Waals surface area contributed by atoms with Crippen molar-refractivity contribution in [3.05, 3.63) is 106 Å². The number of hydrogen-bond donors (Lipinski definition) is 0. The minimum atomic E-state index is -3.85. The largest absolute Gasteiger partial charge is 0.264 e. The molecule has 0 radical (unpaired) electrons. The van der Waals surface area contributed by atoms with Crippen molar-refractivity contribution >= 4 is 42.4 Å². The van der Waals surface area contributed by atoms with Crippen molar-refractivity contribution in [1.29, 1.82) is 5.26 Å². The first-order valence-electron chi connectivity index (χ1n) is 10.2. The Balaban J connectivity index is 1.72. The second-order valence-electron chi connectivity index (χ2n) is 8.07. The number of halogens is 1. The fourth-order valence-electron chi connectivity index (χ4n) is 4.40. The summed E-state index contributed by atoms with van der Waals surface area (Å²) in [6.07, 6.45) is 0. The summed E-state index contributed by atoms with van der Waals surface area (Å²) in [5, 5.41) is 12.6. The van der Waals surface area contributed by atoms with E-state index in [2.05, 4.69) is 22.0 Å². The Labute approximate surface area is 195 Å². The topological polar surface area (TPSA) is 61.2 Å². The van der Waals surface area contributed by atoms with Gasteiger partial charge in [0.25, 0.3) is 10.0 Å². The van der Waals surface area contributed by atoms with Gasteiger partial charge in [0.15, 0.2) is 0 Å². The Kier molecular flexibility index (Phi) is 4.85. The minimum Gasteiger partial charge on any atom is -0.264 e. The summed E-state index contributed by atoms with van der Waals surface area (Å²) >= 11 is 3.36. The molecule has 0 bridgehead atoms. The summed E-state index contributed by atoms with van der Waals surface area (Å²) in [5.41, 5.74) is 1.93. The van der Waals surface area contributed by atoms with Gasteiger partial charge in [0.1, 0.15) is 5.41 Å². The zero-order valence-electron chi connectivity index (χ0n) is 17.3. The van der Waals surface area contributed by atoms with Crippen LogP contribution in [0.15, 0.2) is 94.3 Å². The molecule has 0 saturated carbocycles. The maximum atomic E-state index is 13.6. The van der Waals surface area contributed by atoms with Crippen LogP contribution in [-0.4, -0.2) is 15.0 Å². The highest BCUT2D eigenvalue weighted by atomic mass is 79.9. The number of nitriles is 1. The number of rotatable bonds is 3. The average molecular weight is 503 g/mol. The van der Waals surface area contributed by atoms with Crippen molar-refractivity contribution in [2.75, 3.05) is 10.8 Å². The van der Waals surface area contributed by atoms with Crippen LogP contribution in [0.5, 0.6) is 0 Å². The van der Waals surface area contributed by atoms with E-state index in [1.807, 2.05) is 61.5 Å². The lowest BCUT2D eigenvalue weighted by atomic mass is 9.76. The predicted molar refractivity (Wildman–Crippen MR) is 130 cm³/mol. The molecule has 0 aliphatic carbocycles. The van der Waals surface area contributed by atoms with Crippen LogP contribution in [0.25, 0.3) is 10.8 Å². The van der Waals surface area contributed by atoms with Gasteiger partial charge >= 0.3 is 0 Å². The molecule has 1 atom stereocenters. The van der Waals surface area contributed by atoms with Crippen LogP contribution in [0, 0.1) is 18.3 Å². The molecular weight excluding hydrogens is 484 g/mol. The lowest BCUT2D eigenvalue weighted by Gasteiger charge is -2.24. The van der Waals surface area contributed by atoms with E-state index in [1.165, 1.54) is 4.31 Å². The Morgan fingerprint density at radius 3 is 2.38 bits per heavy atom. The monoisotopic (exact) mass is 502 g/mol. The summed E-state index contributed by atoms with van der Waals surface area (Å²) in [4.78, 5) is 0.194. The van der Waals surface area contributed by atoms with Crippen molar-refractivity contribution in [2.24, 2.45) is 0 Å². The third-order valence-corrected chi connectivity index (χ3v) is 8.40. The molecule has 0 spiro atoms. The summed E-state index contributed by atoms with van der Waals surface area (Å²) in [5.74, 6) is 0. The number of anilines is 1. The highest BCUT2D eigenvalue weighted by Gasteiger charge is 2.48. The van der Waals surface area contributed by atoms with Crippen LogP contribution in [0.2, 0.25) is 0 Å². The van der Waals surface area contributed by atoms with Crippen LogP contribution in [0.3, 0.4) is 0 Å². The van der Waals surface area contributed by atoms with E-state index in [4.69, 9.17) is 0 Å². The Morgan fingerprint density at radius 1 is 0.938 bits per heavy atom. The molecule has 4 nitrogen and oxygen atoms in total. The molecule has 0 aromatic heterocycles. The molecule has 0 unspecified atom stereocenters. The second-order valence-corrected chi connectivity index (χ2v) is 10.8. The van der Waals surface area contributed by atoms with Gasteiger partial charge in [-0.2, -0.15) is 5.26 Å². The third kappa shape index (κ3) is 3.12. The van der Waals surface area contributed by atoms with Crippen molar-refractivity contribution in [3.8, 4) is 6.07 Å². The molecule has 158 valence electrons. The molecule has 4 aromatic rings. The Bertz CT molecular complexity index is 1510. The van der Waals surface area contributed by atoms with E-state index < -0.39 is 15.4 Å². The van der Waals surface area contributed by atoms with Gasteiger partial charge in [-0.3, -0.25) is 4.31 Å². The van der Waals surface area contributed by atoms with E-state index in [-0.39, 0.29) is 11.4 Å². The van der Waals surface area contributed by atoms with Gasteiger partial charge in [-0.1, -0.05) is 70.0 Å². The minimum absolute atomic E-state index is 0.0268. The SMILES string of the molecule is Cc1ccc2c(c1)[C@@](C#N)(c1ccc3ccccc3c1)CN2S(=O)(=O)c1ccc(Br)cc1. The highest BCUT2D eigenvalue weighted by Crippen LogP contribution is 2.47. The Hall–Kier alpha value is -3.14. The van der Waals surface area contributed by atoms with Crippen molar-refractivity contribution in [1.82, 2.24) is 0 Å². The third-order valence-electron chi connectivity index (χ3n) is 6.10. The Morgan fingerprint density at radius 2 is 1.66 bits per heavy atom. The van der Waals surface area contributed by atoms with Crippen molar-refractivity contribution in [3.63, 3.8) is 0 Å². The van der Waals surface area contributed by atoms with Crippen LogP contribution in [0.4, 0.5) is 5.69 Å². The summed E-state index contributed by atoms with van der Waals surface area (Å²) in [6, 6.07) is 28.6. The molecule has 4 aromatic carbocycles. The lowest BCUT2D eigenvalue weighted by molar-refractivity contribution is 0.587. The van der Waals surface area contributed by atoms with E-state index in [0.29, 0.717) is 5.69 Å². The van der Waals surface area contributed by atoms with Crippen LogP contribution in [-0.2, 0) is 15.4 Å². The quantitative estimate of drug-likeness (QED) is 0.348. The first-order valence-corrected chi connectivity index (χ1v) is 12.4. The van der Waals surface area contributed by atoms with Gasteiger partial charge in [-0.25, -0.2) is 8.42 Å². The van der Waals surface area contributed by atoms with Gasteiger partial charge < -0.3 is 0 Å². The zero-order chi connectivity index (χ0) is 22.5. The number of benzene rings is 4. The van der Waals surface area contributed by atoms with Gasteiger partial charge in [0.05, 0.1) is 23.2 Å². The fourth-order valence-corrected chi connectivity index (χ4v) is 6.19. The first kappa shape index (κ1) is 20.7. The fraction of sp³-hybridized carbons (Fsp3) is 0.115. The molecule has 6 heteroatoms. The van der Waals surface area contributed by atoms with Crippen LogP contribution < -0.4 is 4.31 Å². The van der Waals surface area contributed by atoms with Crippen molar-refractivity contribution in [2.45, 2.75) is 17.2 Å². The van der Waals surface area contributed by atoms with Gasteiger partial charge in [0, 0.05) is 10.0 Å². The van der Waals surface area contributed by atoms with E-state index in [1.54, 1.807) is 30.3 Å². The van der Waals surface area contributed by atoms with Crippen LogP contribution >= 0.6 is 15.9 Å². The maximum absolute atomic E-state index is 13.6. The molecule has 32 heavy (non-hydrogen) atoms. The van der Waals surface area contributed by atoms with Gasteiger partial charge in [-0.05, 0) is 59.7 Å². The maximum Gasteiger partial charge on any atom is 0.264 e. The van der Waals surface area contributed by atoms with Gasteiger partial charge in [0.2, 0.25) is 0 Å². The lowest BCUT2D eigenvalue weighted by Crippen LogP contribution is -2.37. The number of aryl methyl sites for hydroxylation is 1. The number of fused-ring (bicyclic) bond motifs is 2. The normalized spacial score (nSPS) is 17.8. The molecule has 0 amide bonds. The van der Waals surface area contributed by atoms with E-state index in [9.17, 15) is 13.7 Å². The molecular formula is C26H19BrN2O2S. The highest BCUT2D eigenvalue weighted by molar-refractivity contribution is 9.10. The number of nitrogens with zero attached hydrogens (tertiary/aromatic N) is 2. The molecule has 0 fully saturated rings. The van der Waals surface area contributed by atoms with E-state index in [0.717, 1.165) is 31.9 Å². The molecule has 1 aliphatic rings. The van der Waals surface area contributed by atoms with Gasteiger partial charge in [-0.15, -0.1) is 0 Å². The number of sulfonamides is 1. The molecule has 0 N–H and O–H groups in total. The summed E-state index contributed by atoms with van der Waals surface area (Å²) < 4.78 is 29.5. The smallest absolute Gasteiger partial charge is 0.264 e. The zero-order valence-corrected chi connectivity index (χ0v) is 19.7. The second kappa shape index (κ2) is 7.47. The number of hydrogen-bond acceptors (Lipinski definition) is 3. The summed E-state index contributed by atoms with van der Waals surface area (Å²) in [6.45, 7) is 1.98. The first-order chi connectivity index (χ1) is 15.3. The molecule has 5 rings (SSSR count). The van der Waals surface area contributed by atoms with Crippen molar-refractivity contribution < 1.29 is 8.42 Å². The average Bonchev–Trinajstić information content (AvgIpc) is 3.14. The summed E-state index contributed by atoms with van der Waals surface area (Å²) in [7, 11) is -3.85. The van der Waals surface area contributed by atoms with Crippen LogP contribution in [0.1, 0.15) is 16.7 Å². The predicted octanol–water partition coefficient (Wildman–Crippen LogP) is 5.93. The molecule has 1 aliphatic heterocycles. The molecule has 1 heterocycles. The standard InChI is InChI=1S/C26H19BrN2O2S/c1-18-6-13-25-24(14-18)26(16-28,21-8-7-19-4-2-3-5-20(19)15-21)17-29(25)32(30,31)23-11-9-22(27)10-12-23/h2-15H,17H2,1H3/t26-/m1/s1. The van der Waals surface area contributed by atoms with E-state index >= 15 is 0 Å².